The fourth-order valence-electron chi connectivity index (χ4n) is 1.41. The third-order valence-corrected chi connectivity index (χ3v) is 2.36. The number of hydrogen-bond acceptors (Lipinski definition) is 5. The number of methoxy groups -OCH3 is 1. The van der Waals surface area contributed by atoms with Crippen LogP contribution in [0.25, 0.3) is 0 Å². The number of hydrogen-bond donors (Lipinski definition) is 0. The van der Waals surface area contributed by atoms with Gasteiger partial charge in [-0.05, 0) is 30.3 Å². The first-order valence-corrected chi connectivity index (χ1v) is 5.33. The van der Waals surface area contributed by atoms with Crippen LogP contribution >= 0.6 is 0 Å². The molecule has 2 aromatic rings. The van der Waals surface area contributed by atoms with Gasteiger partial charge in [0.25, 0.3) is 5.78 Å². The van der Waals surface area contributed by atoms with Crippen molar-refractivity contribution < 1.29 is 18.7 Å². The molecule has 1 aromatic carbocycles. The summed E-state index contributed by atoms with van der Waals surface area (Å²) in [6.07, 6.45) is 1.32. The number of carbonyl (C=O) groups excluding carboxylic acids is 2. The van der Waals surface area contributed by atoms with Crippen LogP contribution in [0.5, 0.6) is 6.01 Å². The highest BCUT2D eigenvalue weighted by Crippen LogP contribution is 2.09. The van der Waals surface area contributed by atoms with Crippen LogP contribution in [0, 0.1) is 5.82 Å². The molecule has 96 valence electrons. The van der Waals surface area contributed by atoms with Gasteiger partial charge in [-0.1, -0.05) is 0 Å². The van der Waals surface area contributed by atoms with Crippen molar-refractivity contribution in [3.05, 3.63) is 53.6 Å². The Morgan fingerprint density at radius 3 is 2.42 bits per heavy atom. The minimum absolute atomic E-state index is 0.00208. The van der Waals surface area contributed by atoms with Crippen LogP contribution in [0.15, 0.2) is 36.5 Å². The van der Waals surface area contributed by atoms with Gasteiger partial charge in [-0.3, -0.25) is 9.59 Å². The van der Waals surface area contributed by atoms with E-state index in [4.69, 9.17) is 4.74 Å². The molecule has 0 radical (unpaired) electrons. The Labute approximate surface area is 108 Å². The van der Waals surface area contributed by atoms with Crippen LogP contribution in [0.3, 0.4) is 0 Å². The van der Waals surface area contributed by atoms with Crippen LogP contribution in [0.4, 0.5) is 4.39 Å². The average Bonchev–Trinajstić information content (AvgIpc) is 2.46. The molecule has 6 heteroatoms. The minimum Gasteiger partial charge on any atom is -0.467 e. The van der Waals surface area contributed by atoms with Gasteiger partial charge in [0.2, 0.25) is 5.78 Å². The number of nitrogens with zero attached hydrogens (tertiary/aromatic N) is 2. The molecule has 0 fully saturated rings. The average molecular weight is 260 g/mol. The largest absolute Gasteiger partial charge is 0.467 e. The summed E-state index contributed by atoms with van der Waals surface area (Å²) in [7, 11) is 1.35. The second-order valence-electron chi connectivity index (χ2n) is 3.59. The zero-order valence-corrected chi connectivity index (χ0v) is 9.96. The van der Waals surface area contributed by atoms with Crippen LogP contribution in [0.2, 0.25) is 0 Å². The highest BCUT2D eigenvalue weighted by molar-refractivity contribution is 6.48. The van der Waals surface area contributed by atoms with Crippen molar-refractivity contribution in [1.29, 1.82) is 0 Å². The molecule has 0 saturated carbocycles. The Morgan fingerprint density at radius 2 is 1.79 bits per heavy atom. The van der Waals surface area contributed by atoms with E-state index < -0.39 is 17.4 Å². The predicted octanol–water partition coefficient (Wildman–Crippen LogP) is 1.69. The maximum Gasteiger partial charge on any atom is 0.316 e. The third kappa shape index (κ3) is 2.79. The van der Waals surface area contributed by atoms with Crippen molar-refractivity contribution >= 4 is 11.6 Å². The number of ketones is 2. The molecule has 0 aliphatic heterocycles. The molecule has 0 N–H and O–H groups in total. The lowest BCUT2D eigenvalue weighted by molar-refractivity contribution is 0.0813. The third-order valence-electron chi connectivity index (χ3n) is 2.36. The highest BCUT2D eigenvalue weighted by atomic mass is 19.1. The fraction of sp³-hybridized carbons (Fsp3) is 0.0769. The Bertz CT molecular complexity index is 626. The van der Waals surface area contributed by atoms with Gasteiger partial charge < -0.3 is 4.74 Å². The molecule has 19 heavy (non-hydrogen) atoms. The molecule has 1 heterocycles. The van der Waals surface area contributed by atoms with Gasteiger partial charge in [0.1, 0.15) is 11.5 Å². The summed E-state index contributed by atoms with van der Waals surface area (Å²) in [5.74, 6) is -2.04. The van der Waals surface area contributed by atoms with E-state index in [1.165, 1.54) is 31.5 Å². The van der Waals surface area contributed by atoms with Crippen LogP contribution in [-0.4, -0.2) is 28.6 Å². The monoisotopic (exact) mass is 260 g/mol. The molecule has 1 aromatic heterocycles. The summed E-state index contributed by atoms with van der Waals surface area (Å²) in [5.41, 5.74) is 0.0326. The molecule has 2 rings (SSSR count). The summed E-state index contributed by atoms with van der Waals surface area (Å²) < 4.78 is 17.5. The summed E-state index contributed by atoms with van der Waals surface area (Å²) >= 11 is 0. The molecule has 0 aliphatic rings. The summed E-state index contributed by atoms with van der Waals surface area (Å²) in [6.45, 7) is 0. The van der Waals surface area contributed by atoms with E-state index in [-0.39, 0.29) is 17.3 Å². The molecule has 0 saturated heterocycles. The van der Waals surface area contributed by atoms with E-state index in [0.29, 0.717) is 0 Å². The lowest BCUT2D eigenvalue weighted by Gasteiger charge is -2.01. The molecule has 5 nitrogen and oxygen atoms in total. The SMILES string of the molecule is COc1nccc(C(=O)C(=O)c2ccc(F)cc2)n1. The second kappa shape index (κ2) is 5.34. The molecule has 0 unspecified atom stereocenters. The van der Waals surface area contributed by atoms with Gasteiger partial charge in [0, 0.05) is 11.8 Å². The number of benzene rings is 1. The van der Waals surface area contributed by atoms with E-state index in [1.807, 2.05) is 0 Å². The van der Waals surface area contributed by atoms with Crippen LogP contribution in [-0.2, 0) is 0 Å². The van der Waals surface area contributed by atoms with Crippen LogP contribution < -0.4 is 4.74 Å². The predicted molar refractivity (Wildman–Crippen MR) is 63.6 cm³/mol. The highest BCUT2D eigenvalue weighted by Gasteiger charge is 2.20. The zero-order chi connectivity index (χ0) is 13.8. The molecule has 0 bridgehead atoms. The number of rotatable bonds is 4. The number of Topliss-reactive ketones (excluding diaryl/α,β-unsaturated/α-hetero) is 2. The van der Waals surface area contributed by atoms with Gasteiger partial charge >= 0.3 is 6.01 Å². The number of halogens is 1. The quantitative estimate of drug-likeness (QED) is 0.618. The molecular formula is C13H9FN2O3. The standard InChI is InChI=1S/C13H9FN2O3/c1-19-13-15-7-6-10(16-13)12(18)11(17)8-2-4-9(14)5-3-8/h2-7H,1H3. The summed E-state index contributed by atoms with van der Waals surface area (Å²) in [5, 5.41) is 0. The van der Waals surface area contributed by atoms with Gasteiger partial charge in [0.05, 0.1) is 7.11 Å². The number of carbonyl (C=O) groups is 2. The summed E-state index contributed by atoms with van der Waals surface area (Å²) in [6, 6.07) is 6.02. The Hall–Kier alpha value is -2.63. The fourth-order valence-corrected chi connectivity index (χ4v) is 1.41. The second-order valence-corrected chi connectivity index (χ2v) is 3.59. The van der Waals surface area contributed by atoms with Crippen molar-refractivity contribution in [2.24, 2.45) is 0 Å². The van der Waals surface area contributed by atoms with Gasteiger partial charge in [0.15, 0.2) is 0 Å². The van der Waals surface area contributed by atoms with Crippen LogP contribution in [0.1, 0.15) is 20.8 Å². The van der Waals surface area contributed by atoms with Crippen molar-refractivity contribution in [3.63, 3.8) is 0 Å². The van der Waals surface area contributed by atoms with Crippen molar-refractivity contribution in [3.8, 4) is 6.01 Å². The number of ether oxygens (including phenoxy) is 1. The first-order chi connectivity index (χ1) is 9.11. The van der Waals surface area contributed by atoms with Crippen molar-refractivity contribution in [2.75, 3.05) is 7.11 Å². The molecule has 0 atom stereocenters. The first-order valence-electron chi connectivity index (χ1n) is 5.33. The van der Waals surface area contributed by atoms with E-state index >= 15 is 0 Å². The Kier molecular flexibility index (Phi) is 3.61. The smallest absolute Gasteiger partial charge is 0.316 e. The maximum absolute atomic E-state index is 12.7. The van der Waals surface area contributed by atoms with E-state index in [1.54, 1.807) is 0 Å². The molecule has 0 amide bonds. The zero-order valence-electron chi connectivity index (χ0n) is 9.96. The Balaban J connectivity index is 2.28. The lowest BCUT2D eigenvalue weighted by Crippen LogP contribution is -2.16. The first kappa shape index (κ1) is 12.8. The Morgan fingerprint density at radius 1 is 1.11 bits per heavy atom. The van der Waals surface area contributed by atoms with Crippen molar-refractivity contribution in [2.45, 2.75) is 0 Å². The molecule has 0 spiro atoms. The lowest BCUT2D eigenvalue weighted by atomic mass is 10.1. The van der Waals surface area contributed by atoms with E-state index in [2.05, 4.69) is 9.97 Å². The number of aromatic nitrogens is 2. The molecular weight excluding hydrogens is 251 g/mol. The van der Waals surface area contributed by atoms with E-state index in [0.717, 1.165) is 12.1 Å². The topological polar surface area (TPSA) is 69.2 Å². The van der Waals surface area contributed by atoms with Crippen molar-refractivity contribution in [1.82, 2.24) is 9.97 Å². The maximum atomic E-state index is 12.7. The van der Waals surface area contributed by atoms with Gasteiger partial charge in [-0.15, -0.1) is 0 Å². The normalized spacial score (nSPS) is 10.0. The summed E-state index contributed by atoms with van der Waals surface area (Å²) in [4.78, 5) is 31.3. The molecule has 0 aliphatic carbocycles. The minimum atomic E-state index is -0.799. The van der Waals surface area contributed by atoms with Gasteiger partial charge in [-0.25, -0.2) is 9.37 Å². The van der Waals surface area contributed by atoms with Gasteiger partial charge in [-0.2, -0.15) is 4.98 Å². The van der Waals surface area contributed by atoms with E-state index in [9.17, 15) is 14.0 Å².